The van der Waals surface area contributed by atoms with Gasteiger partial charge in [0.15, 0.2) is 17.5 Å². The molecule has 3 heterocycles. The van der Waals surface area contributed by atoms with E-state index in [0.717, 1.165) is 93.8 Å². The van der Waals surface area contributed by atoms with Crippen molar-refractivity contribution in [3.05, 3.63) is 243 Å². The summed E-state index contributed by atoms with van der Waals surface area (Å²) in [6, 6.07) is 86.9. The van der Waals surface area contributed by atoms with Crippen LogP contribution in [0.1, 0.15) is 0 Å². The number of fused-ring (bicyclic) bond motifs is 11. The molecule has 0 unspecified atom stereocenters. The molecule has 3 aromatic heterocycles. The maximum absolute atomic E-state index is 6.29. The van der Waals surface area contributed by atoms with Crippen LogP contribution in [0.15, 0.2) is 247 Å². The number of furan rings is 1. The van der Waals surface area contributed by atoms with Crippen LogP contribution >= 0.6 is 0 Å². The lowest BCUT2D eigenvalue weighted by Crippen LogP contribution is -2.04. The monoisotopic (exact) mass is 916 g/mol. The number of benzene rings is 12. The van der Waals surface area contributed by atoms with Crippen molar-refractivity contribution in [2.45, 2.75) is 0 Å². The summed E-state index contributed by atoms with van der Waals surface area (Å²) in [5.74, 6) is 1.76. The second kappa shape index (κ2) is 15.9. The summed E-state index contributed by atoms with van der Waals surface area (Å²) in [6.07, 6.45) is 0. The molecule has 0 atom stereocenters. The molecule has 0 aliphatic heterocycles. The smallest absolute Gasteiger partial charge is 0.164 e. The Morgan fingerprint density at radius 3 is 1.67 bits per heavy atom. The highest BCUT2D eigenvalue weighted by Crippen LogP contribution is 2.47. The van der Waals surface area contributed by atoms with Crippen LogP contribution in [0.5, 0.6) is 0 Å². The normalized spacial score (nSPS) is 11.9. The van der Waals surface area contributed by atoms with E-state index in [1.54, 1.807) is 0 Å². The lowest BCUT2D eigenvalue weighted by Gasteiger charge is -2.21. The van der Waals surface area contributed by atoms with E-state index in [-0.39, 0.29) is 0 Å². The average molecular weight is 917 g/mol. The Balaban J connectivity index is 1.10. The SMILES string of the molecule is c1ccc(-c2ccc3c(-n4c5cc6ccccc6cc5c5c6ccccc6ccc54)c(-c4ccc5ccccc5c4)cc(-c4nc(-c5ccccc5)nc(-c5ccc6oc7ccccc7c6c5)n4)c3c2)cc1. The Morgan fingerprint density at radius 1 is 0.278 bits per heavy atom. The van der Waals surface area contributed by atoms with Crippen molar-refractivity contribution < 1.29 is 4.42 Å². The molecule has 12 aromatic carbocycles. The Bertz CT molecular complexity index is 4690. The van der Waals surface area contributed by atoms with Gasteiger partial charge in [0.1, 0.15) is 11.2 Å². The van der Waals surface area contributed by atoms with Crippen molar-refractivity contribution in [2.75, 3.05) is 0 Å². The van der Waals surface area contributed by atoms with Gasteiger partial charge in [0, 0.05) is 49.2 Å². The summed E-state index contributed by atoms with van der Waals surface area (Å²) in [4.78, 5) is 16.2. The topological polar surface area (TPSA) is 56.7 Å². The Morgan fingerprint density at radius 2 is 0.861 bits per heavy atom. The van der Waals surface area contributed by atoms with E-state index in [9.17, 15) is 0 Å². The summed E-state index contributed by atoms with van der Waals surface area (Å²) in [5.41, 5.74) is 12.1. The molecule has 0 fully saturated rings. The van der Waals surface area contributed by atoms with Gasteiger partial charge in [0.05, 0.1) is 16.7 Å². The van der Waals surface area contributed by atoms with Crippen LogP contribution in [-0.2, 0) is 0 Å². The highest BCUT2D eigenvalue weighted by atomic mass is 16.3. The molecule has 0 spiro atoms. The second-order valence-electron chi connectivity index (χ2n) is 18.7. The van der Waals surface area contributed by atoms with E-state index in [2.05, 4.69) is 205 Å². The first-order valence-corrected chi connectivity index (χ1v) is 24.4. The summed E-state index contributed by atoms with van der Waals surface area (Å²) in [7, 11) is 0. The molecular weight excluding hydrogens is 877 g/mol. The standard InChI is InChI=1S/C67H40N4O/c1-3-15-41(16-4-1)48-29-32-53-55(36-48)57(67-69-65(44-19-5-2-6-20-44)68-66(70-67)50-31-34-62-56(38-50)52-25-13-14-26-61(52)72-62)40-54(49-28-27-42-17-7-8-21-45(42)35-49)64(53)71-59-33-30-43-18-11-12-24-51(43)63(59)58-37-46-22-9-10-23-47(46)39-60(58)71/h1-40H. The van der Waals surface area contributed by atoms with Crippen molar-refractivity contribution in [3.63, 3.8) is 0 Å². The van der Waals surface area contributed by atoms with Crippen LogP contribution in [0.3, 0.4) is 0 Å². The van der Waals surface area contributed by atoms with E-state index in [1.807, 2.05) is 42.5 Å². The minimum atomic E-state index is 0.580. The maximum Gasteiger partial charge on any atom is 0.164 e. The van der Waals surface area contributed by atoms with Crippen molar-refractivity contribution in [3.8, 4) is 62.1 Å². The molecule has 0 aliphatic rings. The first-order valence-electron chi connectivity index (χ1n) is 24.4. The van der Waals surface area contributed by atoms with E-state index >= 15 is 0 Å². The van der Waals surface area contributed by atoms with Gasteiger partial charge in [0.2, 0.25) is 0 Å². The molecule has 5 heteroatoms. The third kappa shape index (κ3) is 6.38. The molecule has 0 bridgehead atoms. The van der Waals surface area contributed by atoms with Crippen molar-refractivity contribution in [1.29, 1.82) is 0 Å². The van der Waals surface area contributed by atoms with Gasteiger partial charge >= 0.3 is 0 Å². The highest BCUT2D eigenvalue weighted by molar-refractivity contribution is 6.24. The minimum Gasteiger partial charge on any atom is -0.456 e. The van der Waals surface area contributed by atoms with Gasteiger partial charge in [-0.15, -0.1) is 0 Å². The Kier molecular flexibility index (Phi) is 8.89. The van der Waals surface area contributed by atoms with E-state index in [4.69, 9.17) is 19.4 Å². The van der Waals surface area contributed by atoms with Gasteiger partial charge in [-0.1, -0.05) is 182 Å². The number of para-hydroxylation sites is 1. The number of aromatic nitrogens is 4. The lowest BCUT2D eigenvalue weighted by atomic mass is 9.90. The van der Waals surface area contributed by atoms with E-state index < -0.39 is 0 Å². The zero-order valence-electron chi connectivity index (χ0n) is 38.8. The quantitative estimate of drug-likeness (QED) is 0.167. The molecule has 0 aliphatic carbocycles. The first kappa shape index (κ1) is 40.2. The average Bonchev–Trinajstić information content (AvgIpc) is 3.99. The summed E-state index contributed by atoms with van der Waals surface area (Å²) in [5, 5.41) is 13.8. The van der Waals surface area contributed by atoms with Crippen molar-refractivity contribution >= 4 is 86.8 Å². The molecule has 0 N–H and O–H groups in total. The fourth-order valence-corrected chi connectivity index (χ4v) is 11.1. The predicted molar refractivity (Wildman–Crippen MR) is 299 cm³/mol. The van der Waals surface area contributed by atoms with Crippen LogP contribution in [0.4, 0.5) is 0 Å². The summed E-state index contributed by atoms with van der Waals surface area (Å²) < 4.78 is 8.82. The Hall–Kier alpha value is -9.71. The van der Waals surface area contributed by atoms with Crippen LogP contribution in [0, 0.1) is 0 Å². The summed E-state index contributed by atoms with van der Waals surface area (Å²) >= 11 is 0. The van der Waals surface area contributed by atoms with Gasteiger partial charge in [-0.25, -0.2) is 15.0 Å². The third-order valence-corrected chi connectivity index (χ3v) is 14.6. The van der Waals surface area contributed by atoms with Crippen LogP contribution in [-0.4, -0.2) is 19.5 Å². The zero-order valence-corrected chi connectivity index (χ0v) is 38.8. The largest absolute Gasteiger partial charge is 0.456 e. The van der Waals surface area contributed by atoms with Gasteiger partial charge in [0.25, 0.3) is 0 Å². The molecule has 15 aromatic rings. The predicted octanol–water partition coefficient (Wildman–Crippen LogP) is 17.8. The molecule has 0 saturated carbocycles. The number of rotatable bonds is 6. The molecule has 334 valence electrons. The first-order chi connectivity index (χ1) is 35.7. The van der Waals surface area contributed by atoms with Gasteiger partial charge in [-0.05, 0) is 115 Å². The van der Waals surface area contributed by atoms with Gasteiger partial charge < -0.3 is 8.98 Å². The van der Waals surface area contributed by atoms with Crippen molar-refractivity contribution in [2.24, 2.45) is 0 Å². The molecular formula is C67H40N4O. The fourth-order valence-electron chi connectivity index (χ4n) is 11.1. The zero-order chi connectivity index (χ0) is 47.3. The maximum atomic E-state index is 6.29. The van der Waals surface area contributed by atoms with E-state index in [1.165, 1.54) is 37.7 Å². The van der Waals surface area contributed by atoms with E-state index in [0.29, 0.717) is 17.5 Å². The number of hydrogen-bond acceptors (Lipinski definition) is 4. The number of hydrogen-bond donors (Lipinski definition) is 0. The third-order valence-electron chi connectivity index (χ3n) is 14.6. The van der Waals surface area contributed by atoms with Crippen LogP contribution in [0.25, 0.3) is 149 Å². The summed E-state index contributed by atoms with van der Waals surface area (Å²) in [6.45, 7) is 0. The lowest BCUT2D eigenvalue weighted by molar-refractivity contribution is 0.669. The molecule has 5 nitrogen and oxygen atoms in total. The van der Waals surface area contributed by atoms with Crippen LogP contribution in [0.2, 0.25) is 0 Å². The molecule has 0 saturated heterocycles. The van der Waals surface area contributed by atoms with Gasteiger partial charge in [-0.3, -0.25) is 0 Å². The molecule has 0 amide bonds. The second-order valence-corrected chi connectivity index (χ2v) is 18.7. The van der Waals surface area contributed by atoms with Crippen molar-refractivity contribution in [1.82, 2.24) is 19.5 Å². The van der Waals surface area contributed by atoms with Gasteiger partial charge in [-0.2, -0.15) is 0 Å². The fraction of sp³-hybridized carbons (Fsp3) is 0. The molecule has 72 heavy (non-hydrogen) atoms. The molecule has 0 radical (unpaired) electrons. The number of nitrogens with zero attached hydrogens (tertiary/aromatic N) is 4. The van der Waals surface area contributed by atoms with Crippen LogP contribution < -0.4 is 0 Å². The Labute approximate surface area is 413 Å². The molecule has 15 rings (SSSR count). The highest BCUT2D eigenvalue weighted by Gasteiger charge is 2.25. The minimum absolute atomic E-state index is 0.580.